The van der Waals surface area contributed by atoms with Crippen molar-refractivity contribution in [3.05, 3.63) is 53.6 Å². The molecule has 1 aliphatic heterocycles. The number of carbonyl (C=O) groups is 1. The number of rotatable bonds is 6. The molecule has 1 heterocycles. The van der Waals surface area contributed by atoms with Crippen LogP contribution in [0.5, 0.6) is 5.75 Å². The maximum absolute atomic E-state index is 12.6. The third-order valence-electron chi connectivity index (χ3n) is 4.98. The number of nitrogens with one attached hydrogen (secondary N) is 1. The van der Waals surface area contributed by atoms with Crippen LogP contribution >= 0.6 is 0 Å². The fourth-order valence-electron chi connectivity index (χ4n) is 3.29. The number of anilines is 2. The number of aryl methyl sites for hydroxylation is 1. The van der Waals surface area contributed by atoms with Crippen molar-refractivity contribution in [2.75, 3.05) is 36.5 Å². The Balaban J connectivity index is 1.62. The fourth-order valence-corrected chi connectivity index (χ4v) is 3.29. The van der Waals surface area contributed by atoms with E-state index in [0.29, 0.717) is 5.92 Å². The monoisotopic (exact) mass is 382 g/mol. The van der Waals surface area contributed by atoms with Crippen LogP contribution in [0.4, 0.5) is 11.4 Å². The first-order valence-electron chi connectivity index (χ1n) is 9.95. The molecule has 0 unspecified atom stereocenters. The Morgan fingerprint density at radius 3 is 2.39 bits per heavy atom. The summed E-state index contributed by atoms with van der Waals surface area (Å²) in [5, 5.41) is 2.95. The maximum Gasteiger partial charge on any atom is 0.265 e. The molecule has 5 heteroatoms. The van der Waals surface area contributed by atoms with E-state index in [9.17, 15) is 4.79 Å². The van der Waals surface area contributed by atoms with Crippen molar-refractivity contribution >= 4 is 17.3 Å². The molecule has 5 nitrogen and oxygen atoms in total. The molecule has 1 fully saturated rings. The molecule has 3 rings (SSSR count). The molecular formula is C23H30N2O3. The lowest BCUT2D eigenvalue weighted by molar-refractivity contribution is -0.122. The van der Waals surface area contributed by atoms with Gasteiger partial charge in [0.25, 0.3) is 5.91 Å². The van der Waals surface area contributed by atoms with E-state index in [0.717, 1.165) is 54.6 Å². The minimum Gasteiger partial charge on any atom is -0.481 e. The second kappa shape index (κ2) is 9.11. The average Bonchev–Trinajstić information content (AvgIpc) is 2.69. The number of hydrogen-bond donors (Lipinski definition) is 1. The van der Waals surface area contributed by atoms with E-state index in [2.05, 4.69) is 36.2 Å². The highest BCUT2D eigenvalue weighted by atomic mass is 16.5. The van der Waals surface area contributed by atoms with E-state index >= 15 is 0 Å². The smallest absolute Gasteiger partial charge is 0.265 e. The molecule has 0 bridgehead atoms. The molecule has 1 saturated heterocycles. The van der Waals surface area contributed by atoms with E-state index in [1.165, 1.54) is 0 Å². The van der Waals surface area contributed by atoms with Crippen LogP contribution in [-0.2, 0) is 9.53 Å². The summed E-state index contributed by atoms with van der Waals surface area (Å²) < 4.78 is 11.4. The summed E-state index contributed by atoms with van der Waals surface area (Å²) >= 11 is 0. The zero-order valence-electron chi connectivity index (χ0n) is 17.2. The Morgan fingerprint density at radius 1 is 1.07 bits per heavy atom. The molecule has 150 valence electrons. The van der Waals surface area contributed by atoms with Gasteiger partial charge in [-0.05, 0) is 61.2 Å². The van der Waals surface area contributed by atoms with Gasteiger partial charge in [0.05, 0.1) is 13.2 Å². The van der Waals surface area contributed by atoms with Crippen molar-refractivity contribution in [1.82, 2.24) is 0 Å². The van der Waals surface area contributed by atoms with Gasteiger partial charge in [-0.25, -0.2) is 0 Å². The fraction of sp³-hybridized carbons (Fsp3) is 0.435. The van der Waals surface area contributed by atoms with Crippen molar-refractivity contribution in [2.45, 2.75) is 39.7 Å². The Morgan fingerprint density at radius 2 is 1.75 bits per heavy atom. The van der Waals surface area contributed by atoms with Gasteiger partial charge < -0.3 is 19.7 Å². The maximum atomic E-state index is 12.6. The normalized spacial score (nSPS) is 15.4. The third kappa shape index (κ3) is 5.04. The summed E-state index contributed by atoms with van der Waals surface area (Å²) in [4.78, 5) is 14.9. The first kappa shape index (κ1) is 20.2. The lowest BCUT2D eigenvalue weighted by Crippen LogP contribution is -2.36. The second-order valence-corrected chi connectivity index (χ2v) is 7.59. The van der Waals surface area contributed by atoms with Crippen LogP contribution in [0.2, 0.25) is 0 Å². The minimum absolute atomic E-state index is 0.157. The molecule has 0 saturated carbocycles. The molecule has 2 aromatic carbocycles. The molecule has 28 heavy (non-hydrogen) atoms. The van der Waals surface area contributed by atoms with Gasteiger partial charge in [0.1, 0.15) is 5.75 Å². The second-order valence-electron chi connectivity index (χ2n) is 7.59. The van der Waals surface area contributed by atoms with Gasteiger partial charge in [0, 0.05) is 24.5 Å². The van der Waals surface area contributed by atoms with Gasteiger partial charge in [-0.15, -0.1) is 0 Å². The largest absolute Gasteiger partial charge is 0.481 e. The van der Waals surface area contributed by atoms with Crippen molar-refractivity contribution in [1.29, 1.82) is 0 Å². The van der Waals surface area contributed by atoms with Crippen molar-refractivity contribution in [3.63, 3.8) is 0 Å². The highest BCUT2D eigenvalue weighted by Gasteiger charge is 2.18. The number of amides is 1. The molecule has 1 aliphatic rings. The van der Waals surface area contributed by atoms with Gasteiger partial charge in [-0.3, -0.25) is 4.79 Å². The molecule has 0 aliphatic carbocycles. The molecule has 1 atom stereocenters. The number of nitrogens with zero attached hydrogens (tertiary/aromatic N) is 1. The van der Waals surface area contributed by atoms with Crippen LogP contribution in [0, 0.1) is 6.92 Å². The van der Waals surface area contributed by atoms with E-state index in [4.69, 9.17) is 9.47 Å². The van der Waals surface area contributed by atoms with Crippen LogP contribution < -0.4 is 15.0 Å². The van der Waals surface area contributed by atoms with Crippen molar-refractivity contribution in [2.24, 2.45) is 0 Å². The summed E-state index contributed by atoms with van der Waals surface area (Å²) in [6, 6.07) is 14.1. The molecule has 0 spiro atoms. The summed E-state index contributed by atoms with van der Waals surface area (Å²) in [5.41, 5.74) is 4.14. The summed E-state index contributed by atoms with van der Waals surface area (Å²) in [5.74, 6) is 0.953. The summed E-state index contributed by atoms with van der Waals surface area (Å²) in [6.07, 6.45) is -0.585. The molecule has 0 radical (unpaired) electrons. The molecule has 1 N–H and O–H groups in total. The zero-order valence-corrected chi connectivity index (χ0v) is 17.2. The lowest BCUT2D eigenvalue weighted by atomic mass is 10.0. The Labute approximate surface area is 167 Å². The highest BCUT2D eigenvalue weighted by molar-refractivity contribution is 5.94. The predicted molar refractivity (Wildman–Crippen MR) is 113 cm³/mol. The first-order chi connectivity index (χ1) is 13.4. The lowest BCUT2D eigenvalue weighted by Gasteiger charge is -2.29. The SMILES string of the molecule is Cc1ccc(C(C)C)c(O[C@H](C)C(=O)Nc2ccc(N3CCOCC3)cc2)c1. The van der Waals surface area contributed by atoms with Crippen LogP contribution in [0.15, 0.2) is 42.5 Å². The Kier molecular flexibility index (Phi) is 6.57. The van der Waals surface area contributed by atoms with Crippen LogP contribution in [-0.4, -0.2) is 38.3 Å². The Hall–Kier alpha value is -2.53. The standard InChI is InChI=1S/C23H30N2O3/c1-16(2)21-10-5-17(3)15-22(21)28-18(4)23(26)24-19-6-8-20(9-7-19)25-11-13-27-14-12-25/h5-10,15-16,18H,11-14H2,1-4H3,(H,24,26)/t18-/m1/s1. The molecule has 1 amide bonds. The molecule has 2 aromatic rings. The van der Waals surface area contributed by atoms with Crippen LogP contribution in [0.1, 0.15) is 37.8 Å². The number of morpholine rings is 1. The van der Waals surface area contributed by atoms with Gasteiger partial charge >= 0.3 is 0 Å². The van der Waals surface area contributed by atoms with E-state index < -0.39 is 6.10 Å². The van der Waals surface area contributed by atoms with E-state index in [1.54, 1.807) is 6.92 Å². The van der Waals surface area contributed by atoms with Crippen molar-refractivity contribution in [3.8, 4) is 5.75 Å². The highest BCUT2D eigenvalue weighted by Crippen LogP contribution is 2.28. The van der Waals surface area contributed by atoms with E-state index in [1.807, 2.05) is 37.3 Å². The topological polar surface area (TPSA) is 50.8 Å². The van der Waals surface area contributed by atoms with Crippen LogP contribution in [0.25, 0.3) is 0 Å². The number of hydrogen-bond acceptors (Lipinski definition) is 4. The predicted octanol–water partition coefficient (Wildman–Crippen LogP) is 4.36. The van der Waals surface area contributed by atoms with Gasteiger partial charge in [-0.2, -0.15) is 0 Å². The number of ether oxygens (including phenoxy) is 2. The van der Waals surface area contributed by atoms with E-state index in [-0.39, 0.29) is 5.91 Å². The quantitative estimate of drug-likeness (QED) is 0.806. The van der Waals surface area contributed by atoms with Crippen molar-refractivity contribution < 1.29 is 14.3 Å². The molecular weight excluding hydrogens is 352 g/mol. The van der Waals surface area contributed by atoms with Crippen LogP contribution in [0.3, 0.4) is 0 Å². The average molecular weight is 383 g/mol. The number of benzene rings is 2. The van der Waals surface area contributed by atoms with Gasteiger partial charge in [0.15, 0.2) is 6.10 Å². The summed E-state index contributed by atoms with van der Waals surface area (Å²) in [7, 11) is 0. The zero-order chi connectivity index (χ0) is 20.1. The molecule has 0 aromatic heterocycles. The third-order valence-corrected chi connectivity index (χ3v) is 4.98. The van der Waals surface area contributed by atoms with Gasteiger partial charge in [0.2, 0.25) is 0 Å². The Bertz CT molecular complexity index is 796. The van der Waals surface area contributed by atoms with Gasteiger partial charge in [-0.1, -0.05) is 26.0 Å². The summed E-state index contributed by atoms with van der Waals surface area (Å²) in [6.45, 7) is 11.4. The minimum atomic E-state index is -0.585. The number of carbonyl (C=O) groups excluding carboxylic acids is 1. The first-order valence-corrected chi connectivity index (χ1v) is 9.95.